The molecule has 134 valence electrons. The number of hydrogen-bond donors (Lipinski definition) is 1. The molecule has 0 radical (unpaired) electrons. The van der Waals surface area contributed by atoms with Crippen molar-refractivity contribution in [1.29, 1.82) is 0 Å². The fourth-order valence-corrected chi connectivity index (χ4v) is 3.70. The van der Waals surface area contributed by atoms with Crippen LogP contribution in [0.1, 0.15) is 60.8 Å². The van der Waals surface area contributed by atoms with Gasteiger partial charge in [-0.2, -0.15) is 5.10 Å². The Labute approximate surface area is 144 Å². The Bertz CT molecular complexity index is 547. The second-order valence-corrected chi connectivity index (χ2v) is 6.76. The van der Waals surface area contributed by atoms with Gasteiger partial charge in [0.1, 0.15) is 0 Å². The number of likely N-dealkylation sites (tertiary alicyclic amines) is 1. The molecular formula is C18H30N4O2. The molecule has 0 saturated carbocycles. The molecule has 6 heteroatoms. The van der Waals surface area contributed by atoms with Crippen molar-refractivity contribution >= 4 is 5.91 Å². The molecule has 1 aromatic rings. The highest BCUT2D eigenvalue weighted by Crippen LogP contribution is 2.21. The zero-order valence-corrected chi connectivity index (χ0v) is 14.9. The number of carbonyl (C=O) groups excluding carboxylic acids is 1. The zero-order chi connectivity index (χ0) is 16.8. The van der Waals surface area contributed by atoms with Crippen LogP contribution in [0.15, 0.2) is 0 Å². The van der Waals surface area contributed by atoms with Gasteiger partial charge in [-0.15, -0.1) is 0 Å². The second-order valence-electron chi connectivity index (χ2n) is 6.76. The Kier molecular flexibility index (Phi) is 6.26. The lowest BCUT2D eigenvalue weighted by Gasteiger charge is -2.19. The maximum Gasteiger partial charge on any atom is 0.272 e. The van der Waals surface area contributed by atoms with Gasteiger partial charge in [-0.25, -0.2) is 0 Å². The minimum absolute atomic E-state index is 0.0557. The number of nitrogens with zero attached hydrogens (tertiary/aromatic N) is 3. The lowest BCUT2D eigenvalue weighted by Crippen LogP contribution is -2.31. The van der Waals surface area contributed by atoms with E-state index in [9.17, 15) is 4.79 Å². The molecule has 0 spiro atoms. The fraction of sp³-hybridized carbons (Fsp3) is 0.778. The Morgan fingerprint density at radius 2 is 2.04 bits per heavy atom. The topological polar surface area (TPSA) is 59.4 Å². The molecule has 1 amide bonds. The van der Waals surface area contributed by atoms with Crippen molar-refractivity contribution in [2.75, 3.05) is 32.8 Å². The maximum atomic E-state index is 12.5. The molecule has 1 aromatic heterocycles. The quantitative estimate of drug-likeness (QED) is 0.808. The average Bonchev–Trinajstić information content (AvgIpc) is 2.79. The molecule has 6 nitrogen and oxygen atoms in total. The predicted molar refractivity (Wildman–Crippen MR) is 93.1 cm³/mol. The van der Waals surface area contributed by atoms with Gasteiger partial charge < -0.3 is 15.0 Å². The van der Waals surface area contributed by atoms with E-state index in [1.807, 2.05) is 4.68 Å². The van der Waals surface area contributed by atoms with Gasteiger partial charge in [0.15, 0.2) is 5.69 Å². The molecule has 0 aliphatic carbocycles. The number of rotatable bonds is 6. The van der Waals surface area contributed by atoms with E-state index in [1.165, 1.54) is 44.5 Å². The van der Waals surface area contributed by atoms with Gasteiger partial charge >= 0.3 is 0 Å². The smallest absolute Gasteiger partial charge is 0.272 e. The molecule has 1 saturated heterocycles. The summed E-state index contributed by atoms with van der Waals surface area (Å²) in [6.45, 7) is 8.28. The molecule has 1 fully saturated rings. The second kappa shape index (κ2) is 8.62. The first-order chi connectivity index (χ1) is 11.8. The summed E-state index contributed by atoms with van der Waals surface area (Å²) in [5.41, 5.74) is 2.70. The third kappa shape index (κ3) is 4.16. The van der Waals surface area contributed by atoms with E-state index in [0.717, 1.165) is 38.1 Å². The molecule has 3 heterocycles. The van der Waals surface area contributed by atoms with Gasteiger partial charge in [-0.1, -0.05) is 12.8 Å². The van der Waals surface area contributed by atoms with E-state index >= 15 is 0 Å². The summed E-state index contributed by atoms with van der Waals surface area (Å²) >= 11 is 0. The minimum atomic E-state index is -0.0557. The highest BCUT2D eigenvalue weighted by molar-refractivity contribution is 5.94. The SMILES string of the molecule is CCn1nc(C(=O)NCCCN2CCCCCC2)c2c1CCOC2. The highest BCUT2D eigenvalue weighted by Gasteiger charge is 2.24. The van der Waals surface area contributed by atoms with Gasteiger partial charge in [0.2, 0.25) is 0 Å². The van der Waals surface area contributed by atoms with Crippen LogP contribution in [0.4, 0.5) is 0 Å². The van der Waals surface area contributed by atoms with E-state index in [0.29, 0.717) is 18.8 Å². The van der Waals surface area contributed by atoms with E-state index in [1.54, 1.807) is 0 Å². The molecular weight excluding hydrogens is 304 g/mol. The molecule has 0 bridgehead atoms. The van der Waals surface area contributed by atoms with Crippen LogP contribution >= 0.6 is 0 Å². The van der Waals surface area contributed by atoms with Crippen LogP contribution in [0.25, 0.3) is 0 Å². The molecule has 0 unspecified atom stereocenters. The Morgan fingerprint density at radius 1 is 1.25 bits per heavy atom. The summed E-state index contributed by atoms with van der Waals surface area (Å²) in [5, 5.41) is 7.55. The first-order valence-electron chi connectivity index (χ1n) is 9.46. The largest absolute Gasteiger partial charge is 0.376 e. The van der Waals surface area contributed by atoms with Gasteiger partial charge in [-0.3, -0.25) is 9.48 Å². The predicted octanol–water partition coefficient (Wildman–Crippen LogP) is 1.97. The van der Waals surface area contributed by atoms with Crippen LogP contribution in [0, 0.1) is 0 Å². The molecule has 1 N–H and O–H groups in total. The van der Waals surface area contributed by atoms with E-state index in [2.05, 4.69) is 22.2 Å². The monoisotopic (exact) mass is 334 g/mol. The molecule has 24 heavy (non-hydrogen) atoms. The summed E-state index contributed by atoms with van der Waals surface area (Å²) in [6, 6.07) is 0. The van der Waals surface area contributed by atoms with Crippen molar-refractivity contribution in [3.8, 4) is 0 Å². The van der Waals surface area contributed by atoms with Crippen molar-refractivity contribution in [3.05, 3.63) is 17.0 Å². The number of aromatic nitrogens is 2. The number of nitrogens with one attached hydrogen (secondary N) is 1. The van der Waals surface area contributed by atoms with Crippen molar-refractivity contribution in [1.82, 2.24) is 20.0 Å². The van der Waals surface area contributed by atoms with Crippen LogP contribution in [0.2, 0.25) is 0 Å². The normalized spacial score (nSPS) is 18.9. The molecule has 0 atom stereocenters. The van der Waals surface area contributed by atoms with Crippen LogP contribution in [-0.2, 0) is 24.3 Å². The molecule has 3 rings (SSSR count). The van der Waals surface area contributed by atoms with Crippen LogP contribution in [-0.4, -0.2) is 53.4 Å². The number of ether oxygens (including phenoxy) is 1. The van der Waals surface area contributed by atoms with Crippen LogP contribution in [0.3, 0.4) is 0 Å². The van der Waals surface area contributed by atoms with E-state index in [4.69, 9.17) is 4.74 Å². The van der Waals surface area contributed by atoms with Crippen LogP contribution < -0.4 is 5.32 Å². The van der Waals surface area contributed by atoms with E-state index < -0.39 is 0 Å². The standard InChI is InChI=1S/C18H30N4O2/c1-2-22-16-8-13-24-14-15(16)17(20-22)18(23)19-9-7-12-21-10-5-3-4-6-11-21/h2-14H2,1H3,(H,19,23). The van der Waals surface area contributed by atoms with Crippen LogP contribution in [0.5, 0.6) is 0 Å². The maximum absolute atomic E-state index is 12.5. The molecule has 2 aliphatic rings. The molecule has 2 aliphatic heterocycles. The minimum Gasteiger partial charge on any atom is -0.376 e. The summed E-state index contributed by atoms with van der Waals surface area (Å²) in [4.78, 5) is 15.0. The number of fused-ring (bicyclic) bond motifs is 1. The Morgan fingerprint density at radius 3 is 2.79 bits per heavy atom. The molecule has 0 aromatic carbocycles. The number of hydrogen-bond acceptors (Lipinski definition) is 4. The number of aryl methyl sites for hydroxylation is 1. The van der Waals surface area contributed by atoms with Crippen molar-refractivity contribution in [3.63, 3.8) is 0 Å². The highest BCUT2D eigenvalue weighted by atomic mass is 16.5. The van der Waals surface area contributed by atoms with Gasteiger partial charge in [0, 0.05) is 30.8 Å². The third-order valence-electron chi connectivity index (χ3n) is 5.05. The summed E-state index contributed by atoms with van der Waals surface area (Å²) < 4.78 is 7.47. The summed E-state index contributed by atoms with van der Waals surface area (Å²) in [5.74, 6) is -0.0557. The first kappa shape index (κ1) is 17.4. The Balaban J connectivity index is 1.49. The lowest BCUT2D eigenvalue weighted by atomic mass is 10.1. The van der Waals surface area contributed by atoms with Crippen molar-refractivity contribution in [2.24, 2.45) is 0 Å². The third-order valence-corrected chi connectivity index (χ3v) is 5.05. The van der Waals surface area contributed by atoms with E-state index in [-0.39, 0.29) is 5.91 Å². The lowest BCUT2D eigenvalue weighted by molar-refractivity contribution is 0.0923. The number of amides is 1. The zero-order valence-electron chi connectivity index (χ0n) is 14.9. The Hall–Kier alpha value is -1.40. The number of carbonyl (C=O) groups is 1. The summed E-state index contributed by atoms with van der Waals surface area (Å²) in [7, 11) is 0. The van der Waals surface area contributed by atoms with Crippen molar-refractivity contribution in [2.45, 2.75) is 58.6 Å². The van der Waals surface area contributed by atoms with Gasteiger partial charge in [0.05, 0.1) is 13.2 Å². The van der Waals surface area contributed by atoms with Crippen molar-refractivity contribution < 1.29 is 9.53 Å². The first-order valence-corrected chi connectivity index (χ1v) is 9.46. The summed E-state index contributed by atoms with van der Waals surface area (Å²) in [6.07, 6.45) is 7.19. The van der Waals surface area contributed by atoms with Gasteiger partial charge in [-0.05, 0) is 45.8 Å². The fourth-order valence-electron chi connectivity index (χ4n) is 3.70. The average molecular weight is 334 g/mol. The van der Waals surface area contributed by atoms with Gasteiger partial charge in [0.25, 0.3) is 5.91 Å².